The number of benzene rings is 2. The summed E-state index contributed by atoms with van der Waals surface area (Å²) in [4.78, 5) is 29.0. The lowest BCUT2D eigenvalue weighted by molar-refractivity contribution is -0.141. The second-order valence-electron chi connectivity index (χ2n) is 6.02. The molecule has 0 aliphatic rings. The molecule has 2 aromatic heterocycles. The van der Waals surface area contributed by atoms with Gasteiger partial charge < -0.3 is 13.9 Å². The van der Waals surface area contributed by atoms with Gasteiger partial charge in [-0.25, -0.2) is 9.78 Å². The highest BCUT2D eigenvalue weighted by molar-refractivity contribution is 8.01. The van der Waals surface area contributed by atoms with Crippen LogP contribution in [0.4, 0.5) is 0 Å². The van der Waals surface area contributed by atoms with Crippen molar-refractivity contribution in [3.63, 3.8) is 0 Å². The fraction of sp³-hybridized carbons (Fsp3) is 0.190. The molecule has 0 radical (unpaired) electrons. The van der Waals surface area contributed by atoms with Gasteiger partial charge in [0.05, 0.1) is 28.1 Å². The summed E-state index contributed by atoms with van der Waals surface area (Å²) in [6.07, 6.45) is 0. The van der Waals surface area contributed by atoms with Crippen LogP contribution in [0.3, 0.4) is 0 Å². The third-order valence-electron chi connectivity index (χ3n) is 4.12. The van der Waals surface area contributed by atoms with Crippen molar-refractivity contribution in [2.75, 3.05) is 12.4 Å². The Balaban J connectivity index is 1.43. The highest BCUT2D eigenvalue weighted by Gasteiger charge is 2.22. The number of carbonyl (C=O) groups is 2. The molecule has 0 N–H and O–H groups in total. The number of fused-ring (bicyclic) bond motifs is 2. The SMILES string of the molecule is CCOC(=O)c1oc2ccccc2c1COC(=O)CSc1nc2ccccc2s1. The van der Waals surface area contributed by atoms with E-state index in [0.717, 1.165) is 19.9 Å². The summed E-state index contributed by atoms with van der Waals surface area (Å²) in [7, 11) is 0. The van der Waals surface area contributed by atoms with Gasteiger partial charge in [-0.2, -0.15) is 0 Å². The molecule has 4 aromatic rings. The zero-order chi connectivity index (χ0) is 20.2. The van der Waals surface area contributed by atoms with E-state index in [0.29, 0.717) is 11.1 Å². The number of para-hydroxylation sites is 2. The van der Waals surface area contributed by atoms with Gasteiger partial charge in [-0.3, -0.25) is 4.79 Å². The number of rotatable bonds is 7. The van der Waals surface area contributed by atoms with Crippen LogP contribution in [0, 0.1) is 0 Å². The summed E-state index contributed by atoms with van der Waals surface area (Å²) in [6, 6.07) is 15.0. The van der Waals surface area contributed by atoms with Crippen LogP contribution in [0.2, 0.25) is 0 Å². The molecule has 0 spiro atoms. The number of furan rings is 1. The third kappa shape index (κ3) is 4.28. The minimum Gasteiger partial charge on any atom is -0.460 e. The second kappa shape index (κ2) is 8.67. The lowest BCUT2D eigenvalue weighted by Gasteiger charge is -2.05. The van der Waals surface area contributed by atoms with Crippen LogP contribution in [-0.2, 0) is 20.9 Å². The van der Waals surface area contributed by atoms with E-state index < -0.39 is 11.9 Å². The van der Waals surface area contributed by atoms with Crippen molar-refractivity contribution in [1.29, 1.82) is 0 Å². The molecule has 0 aliphatic heterocycles. The predicted molar refractivity (Wildman–Crippen MR) is 112 cm³/mol. The first-order valence-corrected chi connectivity index (χ1v) is 10.8. The van der Waals surface area contributed by atoms with Crippen molar-refractivity contribution in [3.8, 4) is 0 Å². The number of ether oxygens (including phenoxy) is 2. The van der Waals surface area contributed by atoms with Crippen molar-refractivity contribution in [2.24, 2.45) is 0 Å². The van der Waals surface area contributed by atoms with Crippen LogP contribution < -0.4 is 0 Å². The van der Waals surface area contributed by atoms with E-state index in [4.69, 9.17) is 13.9 Å². The third-order valence-corrected chi connectivity index (χ3v) is 6.28. The van der Waals surface area contributed by atoms with E-state index >= 15 is 0 Å². The molecule has 8 heteroatoms. The van der Waals surface area contributed by atoms with Crippen LogP contribution in [0.15, 0.2) is 57.3 Å². The molecule has 2 heterocycles. The Hall–Kier alpha value is -2.84. The van der Waals surface area contributed by atoms with Crippen LogP contribution in [0.5, 0.6) is 0 Å². The average molecular weight is 428 g/mol. The molecule has 0 fully saturated rings. The Labute approximate surface area is 174 Å². The van der Waals surface area contributed by atoms with Gasteiger partial charge in [-0.1, -0.05) is 42.1 Å². The first kappa shape index (κ1) is 19.5. The summed E-state index contributed by atoms with van der Waals surface area (Å²) < 4.78 is 18.0. The minimum absolute atomic E-state index is 0.0651. The molecule has 4 rings (SSSR count). The predicted octanol–water partition coefficient (Wildman–Crippen LogP) is 5.05. The van der Waals surface area contributed by atoms with E-state index in [9.17, 15) is 9.59 Å². The van der Waals surface area contributed by atoms with Gasteiger partial charge in [0, 0.05) is 5.39 Å². The maximum absolute atomic E-state index is 12.3. The zero-order valence-electron chi connectivity index (χ0n) is 15.5. The first-order valence-electron chi connectivity index (χ1n) is 8.97. The van der Waals surface area contributed by atoms with Crippen molar-refractivity contribution in [2.45, 2.75) is 17.9 Å². The molecular weight excluding hydrogens is 410 g/mol. The first-order chi connectivity index (χ1) is 14.2. The molecule has 29 heavy (non-hydrogen) atoms. The molecule has 0 unspecified atom stereocenters. The molecule has 0 aliphatic carbocycles. The highest BCUT2D eigenvalue weighted by Crippen LogP contribution is 2.30. The van der Waals surface area contributed by atoms with Gasteiger partial charge >= 0.3 is 11.9 Å². The van der Waals surface area contributed by atoms with Crippen molar-refractivity contribution in [3.05, 3.63) is 59.9 Å². The van der Waals surface area contributed by atoms with Crippen molar-refractivity contribution in [1.82, 2.24) is 4.98 Å². The number of esters is 2. The van der Waals surface area contributed by atoms with Crippen LogP contribution >= 0.6 is 23.1 Å². The Morgan fingerprint density at radius 3 is 2.72 bits per heavy atom. The van der Waals surface area contributed by atoms with Crippen LogP contribution in [0.1, 0.15) is 23.0 Å². The second-order valence-corrected chi connectivity index (χ2v) is 8.28. The Morgan fingerprint density at radius 1 is 1.10 bits per heavy atom. The standard InChI is InChI=1S/C21H17NO5S2/c1-2-25-20(24)19-14(13-7-3-5-9-16(13)27-19)11-26-18(23)12-28-21-22-15-8-4-6-10-17(15)29-21/h3-10H,2,11-12H2,1H3. The maximum atomic E-state index is 12.3. The Kier molecular flexibility index (Phi) is 5.82. The van der Waals surface area contributed by atoms with Gasteiger partial charge in [0.15, 0.2) is 4.34 Å². The summed E-state index contributed by atoms with van der Waals surface area (Å²) >= 11 is 2.87. The maximum Gasteiger partial charge on any atom is 0.374 e. The number of hydrogen-bond acceptors (Lipinski definition) is 8. The molecule has 0 saturated heterocycles. The fourth-order valence-corrected chi connectivity index (χ4v) is 4.70. The van der Waals surface area contributed by atoms with Crippen molar-refractivity contribution >= 4 is 56.2 Å². The molecule has 0 amide bonds. The Bertz CT molecular complexity index is 1150. The van der Waals surface area contributed by atoms with Crippen LogP contribution in [-0.4, -0.2) is 29.3 Å². The quantitative estimate of drug-likeness (QED) is 0.301. The van der Waals surface area contributed by atoms with Gasteiger partial charge in [0.2, 0.25) is 5.76 Å². The largest absolute Gasteiger partial charge is 0.460 e. The lowest BCUT2D eigenvalue weighted by Crippen LogP contribution is -2.10. The number of nitrogens with zero attached hydrogens (tertiary/aromatic N) is 1. The summed E-state index contributed by atoms with van der Waals surface area (Å²) in [5, 5.41) is 0.724. The minimum atomic E-state index is -0.571. The number of thioether (sulfide) groups is 1. The molecule has 0 atom stereocenters. The fourth-order valence-electron chi connectivity index (χ4n) is 2.83. The molecule has 2 aromatic carbocycles. The Morgan fingerprint density at radius 2 is 1.90 bits per heavy atom. The van der Waals surface area contributed by atoms with E-state index in [1.54, 1.807) is 13.0 Å². The number of thiazole rings is 1. The summed E-state index contributed by atoms with van der Waals surface area (Å²) in [5.74, 6) is -0.766. The molecule has 6 nitrogen and oxygen atoms in total. The van der Waals surface area contributed by atoms with Gasteiger partial charge in [0.1, 0.15) is 12.2 Å². The van der Waals surface area contributed by atoms with Gasteiger partial charge in [-0.05, 0) is 25.1 Å². The van der Waals surface area contributed by atoms with E-state index in [1.807, 2.05) is 42.5 Å². The zero-order valence-corrected chi connectivity index (χ0v) is 17.2. The average Bonchev–Trinajstić information content (AvgIpc) is 3.32. The smallest absolute Gasteiger partial charge is 0.374 e. The summed E-state index contributed by atoms with van der Waals surface area (Å²) in [5.41, 5.74) is 1.97. The number of hydrogen-bond donors (Lipinski definition) is 0. The van der Waals surface area contributed by atoms with Gasteiger partial charge in [-0.15, -0.1) is 11.3 Å². The van der Waals surface area contributed by atoms with Crippen molar-refractivity contribution < 1.29 is 23.5 Å². The molecule has 0 saturated carbocycles. The van der Waals surface area contributed by atoms with E-state index in [1.165, 1.54) is 23.1 Å². The molecule has 0 bridgehead atoms. The monoisotopic (exact) mass is 427 g/mol. The topological polar surface area (TPSA) is 78.6 Å². The normalized spacial score (nSPS) is 11.1. The van der Waals surface area contributed by atoms with Gasteiger partial charge in [0.25, 0.3) is 0 Å². The van der Waals surface area contributed by atoms with Crippen LogP contribution in [0.25, 0.3) is 21.2 Å². The number of aromatic nitrogens is 1. The molecule has 148 valence electrons. The number of carbonyl (C=O) groups excluding carboxylic acids is 2. The highest BCUT2D eigenvalue weighted by atomic mass is 32.2. The van der Waals surface area contributed by atoms with E-state index in [-0.39, 0.29) is 24.7 Å². The lowest BCUT2D eigenvalue weighted by atomic mass is 10.1. The molecular formula is C21H17NO5S2. The van der Waals surface area contributed by atoms with E-state index in [2.05, 4.69) is 4.98 Å². The summed E-state index contributed by atoms with van der Waals surface area (Å²) in [6.45, 7) is 1.89.